The lowest BCUT2D eigenvalue weighted by Crippen LogP contribution is -2.14. The molecular formula is C14H20N2OS2. The molecule has 2 aromatic heterocycles. The van der Waals surface area contributed by atoms with Crippen LogP contribution in [0, 0.1) is 6.92 Å². The van der Waals surface area contributed by atoms with Gasteiger partial charge in [0.15, 0.2) is 0 Å². The predicted octanol–water partition coefficient (Wildman–Crippen LogP) is 3.83. The van der Waals surface area contributed by atoms with Crippen LogP contribution < -0.4 is 5.32 Å². The lowest BCUT2D eigenvalue weighted by Gasteiger charge is -2.02. The fourth-order valence-corrected chi connectivity index (χ4v) is 3.87. The molecule has 0 radical (unpaired) electrons. The SMILES string of the molecule is CCCNCc1sc(-c2cscc2C)nc1COC. The molecule has 0 amide bonds. The maximum Gasteiger partial charge on any atom is 0.125 e. The highest BCUT2D eigenvalue weighted by atomic mass is 32.1. The van der Waals surface area contributed by atoms with E-state index in [1.807, 2.05) is 0 Å². The van der Waals surface area contributed by atoms with Gasteiger partial charge in [0, 0.05) is 29.5 Å². The van der Waals surface area contributed by atoms with E-state index in [0.717, 1.165) is 30.2 Å². The van der Waals surface area contributed by atoms with Crippen LogP contribution in [0.15, 0.2) is 10.8 Å². The first-order valence-electron chi connectivity index (χ1n) is 6.47. The van der Waals surface area contributed by atoms with Crippen molar-refractivity contribution in [3.63, 3.8) is 0 Å². The number of thiophene rings is 1. The Balaban J connectivity index is 2.22. The number of aromatic nitrogens is 1. The number of thiazole rings is 1. The van der Waals surface area contributed by atoms with Crippen LogP contribution >= 0.6 is 22.7 Å². The molecule has 0 aliphatic heterocycles. The molecule has 0 aromatic carbocycles. The third-order valence-electron chi connectivity index (χ3n) is 2.86. The third-order valence-corrected chi connectivity index (χ3v) is 4.85. The Morgan fingerprint density at radius 1 is 1.37 bits per heavy atom. The monoisotopic (exact) mass is 296 g/mol. The molecule has 0 spiro atoms. The molecule has 0 saturated carbocycles. The van der Waals surface area contributed by atoms with Crippen LogP contribution in [0.3, 0.4) is 0 Å². The van der Waals surface area contributed by atoms with Crippen molar-refractivity contribution in [1.82, 2.24) is 10.3 Å². The standard InChI is InChI=1S/C14H20N2OS2/c1-4-5-15-6-13-12(7-17-3)16-14(19-13)11-9-18-8-10(11)2/h8-9,15H,4-7H2,1-3H3. The zero-order valence-corrected chi connectivity index (χ0v) is 13.3. The van der Waals surface area contributed by atoms with Crippen LogP contribution in [-0.2, 0) is 17.9 Å². The van der Waals surface area contributed by atoms with E-state index < -0.39 is 0 Å². The van der Waals surface area contributed by atoms with Crippen molar-refractivity contribution in [2.75, 3.05) is 13.7 Å². The van der Waals surface area contributed by atoms with Gasteiger partial charge >= 0.3 is 0 Å². The van der Waals surface area contributed by atoms with Gasteiger partial charge in [0.25, 0.3) is 0 Å². The molecule has 0 unspecified atom stereocenters. The minimum absolute atomic E-state index is 0.586. The topological polar surface area (TPSA) is 34.2 Å². The number of aryl methyl sites for hydroxylation is 1. The normalized spacial score (nSPS) is 11.1. The summed E-state index contributed by atoms with van der Waals surface area (Å²) in [6.07, 6.45) is 1.15. The molecule has 0 saturated heterocycles. The lowest BCUT2D eigenvalue weighted by molar-refractivity contribution is 0.181. The van der Waals surface area contributed by atoms with Gasteiger partial charge in [-0.25, -0.2) is 4.98 Å². The number of nitrogens with zero attached hydrogens (tertiary/aromatic N) is 1. The van der Waals surface area contributed by atoms with Gasteiger partial charge in [-0.15, -0.1) is 11.3 Å². The maximum atomic E-state index is 5.25. The van der Waals surface area contributed by atoms with Crippen molar-refractivity contribution in [2.45, 2.75) is 33.4 Å². The highest BCUT2D eigenvalue weighted by Gasteiger charge is 2.14. The second-order valence-electron chi connectivity index (χ2n) is 4.47. The van der Waals surface area contributed by atoms with Crippen LogP contribution in [-0.4, -0.2) is 18.6 Å². The van der Waals surface area contributed by atoms with Crippen LogP contribution in [0.2, 0.25) is 0 Å². The zero-order valence-electron chi connectivity index (χ0n) is 11.7. The molecule has 2 aromatic rings. The van der Waals surface area contributed by atoms with E-state index in [1.165, 1.54) is 16.0 Å². The molecule has 0 fully saturated rings. The summed E-state index contributed by atoms with van der Waals surface area (Å²) in [5.41, 5.74) is 3.63. The van der Waals surface area contributed by atoms with E-state index in [1.54, 1.807) is 29.8 Å². The van der Waals surface area contributed by atoms with Gasteiger partial charge in [0.2, 0.25) is 0 Å². The predicted molar refractivity (Wildman–Crippen MR) is 82.9 cm³/mol. The average Bonchev–Trinajstić information content (AvgIpc) is 2.97. The van der Waals surface area contributed by atoms with Crippen LogP contribution in [0.5, 0.6) is 0 Å². The summed E-state index contributed by atoms with van der Waals surface area (Å²) in [6.45, 7) is 6.82. The van der Waals surface area contributed by atoms with Crippen molar-refractivity contribution in [2.24, 2.45) is 0 Å². The number of hydrogen-bond donors (Lipinski definition) is 1. The smallest absolute Gasteiger partial charge is 0.125 e. The molecule has 3 nitrogen and oxygen atoms in total. The van der Waals surface area contributed by atoms with Crippen LogP contribution in [0.25, 0.3) is 10.6 Å². The molecule has 104 valence electrons. The van der Waals surface area contributed by atoms with E-state index >= 15 is 0 Å². The Morgan fingerprint density at radius 3 is 2.84 bits per heavy atom. The van der Waals surface area contributed by atoms with Gasteiger partial charge in [0.1, 0.15) is 5.01 Å². The van der Waals surface area contributed by atoms with E-state index in [0.29, 0.717) is 6.61 Å². The van der Waals surface area contributed by atoms with Gasteiger partial charge in [-0.3, -0.25) is 0 Å². The summed E-state index contributed by atoms with van der Waals surface area (Å²) in [4.78, 5) is 6.03. The second kappa shape index (κ2) is 7.14. The molecule has 5 heteroatoms. The molecule has 2 heterocycles. The highest BCUT2D eigenvalue weighted by Crippen LogP contribution is 2.32. The number of hydrogen-bond acceptors (Lipinski definition) is 5. The van der Waals surface area contributed by atoms with E-state index in [-0.39, 0.29) is 0 Å². The van der Waals surface area contributed by atoms with E-state index in [9.17, 15) is 0 Å². The van der Waals surface area contributed by atoms with Crippen LogP contribution in [0.1, 0.15) is 29.5 Å². The quantitative estimate of drug-likeness (QED) is 0.789. The van der Waals surface area contributed by atoms with Gasteiger partial charge in [0.05, 0.1) is 12.3 Å². The van der Waals surface area contributed by atoms with Gasteiger partial charge < -0.3 is 10.1 Å². The lowest BCUT2D eigenvalue weighted by atomic mass is 10.2. The highest BCUT2D eigenvalue weighted by molar-refractivity contribution is 7.15. The third kappa shape index (κ3) is 3.63. The molecular weight excluding hydrogens is 276 g/mol. The van der Waals surface area contributed by atoms with Gasteiger partial charge in [-0.1, -0.05) is 6.92 Å². The fraction of sp³-hybridized carbons (Fsp3) is 0.500. The first kappa shape index (κ1) is 14.7. The Kier molecular flexibility index (Phi) is 5.51. The zero-order chi connectivity index (χ0) is 13.7. The van der Waals surface area contributed by atoms with E-state index in [2.05, 4.69) is 29.9 Å². The minimum atomic E-state index is 0.586. The number of nitrogens with one attached hydrogen (secondary N) is 1. The first-order chi connectivity index (χ1) is 9.26. The number of ether oxygens (including phenoxy) is 1. The van der Waals surface area contributed by atoms with Crippen molar-refractivity contribution in [3.05, 3.63) is 26.9 Å². The maximum absolute atomic E-state index is 5.25. The Morgan fingerprint density at radius 2 is 2.21 bits per heavy atom. The Labute approximate surface area is 122 Å². The summed E-state index contributed by atoms with van der Waals surface area (Å²) in [6, 6.07) is 0. The molecule has 2 rings (SSSR count). The van der Waals surface area contributed by atoms with Crippen molar-refractivity contribution in [1.29, 1.82) is 0 Å². The van der Waals surface area contributed by atoms with Crippen molar-refractivity contribution in [3.8, 4) is 10.6 Å². The Hall–Kier alpha value is -0.750. The van der Waals surface area contributed by atoms with Crippen molar-refractivity contribution >= 4 is 22.7 Å². The summed E-state index contributed by atoms with van der Waals surface area (Å²) in [7, 11) is 1.72. The minimum Gasteiger partial charge on any atom is -0.378 e. The Bertz CT molecular complexity index is 519. The second-order valence-corrected chi connectivity index (χ2v) is 6.29. The number of rotatable bonds is 7. The molecule has 0 aliphatic rings. The summed E-state index contributed by atoms with van der Waals surface area (Å²) < 4.78 is 5.25. The molecule has 1 N–H and O–H groups in total. The van der Waals surface area contributed by atoms with Crippen molar-refractivity contribution < 1.29 is 4.74 Å². The fourth-order valence-electron chi connectivity index (χ4n) is 1.84. The van der Waals surface area contributed by atoms with Gasteiger partial charge in [-0.2, -0.15) is 11.3 Å². The molecule has 19 heavy (non-hydrogen) atoms. The molecule has 0 atom stereocenters. The van der Waals surface area contributed by atoms with E-state index in [4.69, 9.17) is 9.72 Å². The number of methoxy groups -OCH3 is 1. The largest absolute Gasteiger partial charge is 0.378 e. The van der Waals surface area contributed by atoms with Gasteiger partial charge in [-0.05, 0) is 30.8 Å². The molecule has 0 aliphatic carbocycles. The first-order valence-corrected chi connectivity index (χ1v) is 8.23. The summed E-state index contributed by atoms with van der Waals surface area (Å²) in [5, 5.41) is 8.89. The summed E-state index contributed by atoms with van der Waals surface area (Å²) in [5.74, 6) is 0. The summed E-state index contributed by atoms with van der Waals surface area (Å²) >= 11 is 3.51. The van der Waals surface area contributed by atoms with Crippen LogP contribution in [0.4, 0.5) is 0 Å². The average molecular weight is 296 g/mol. The molecule has 0 bridgehead atoms.